The molecule has 21 heavy (non-hydrogen) atoms. The van der Waals surface area contributed by atoms with Crippen molar-refractivity contribution in [3.05, 3.63) is 48.5 Å². The maximum atomic E-state index is 12.2. The molecule has 1 N–H and O–H groups in total. The molecule has 6 nitrogen and oxygen atoms in total. The molecule has 0 atom stereocenters. The lowest BCUT2D eigenvalue weighted by molar-refractivity contribution is 0.0793. The van der Waals surface area contributed by atoms with E-state index in [9.17, 15) is 9.59 Å². The monoisotopic (exact) mass is 284 g/mol. The second-order valence-electron chi connectivity index (χ2n) is 4.98. The number of likely N-dealkylation sites (tertiary alicyclic amines) is 1. The van der Waals surface area contributed by atoms with Gasteiger partial charge in [0, 0.05) is 36.7 Å². The van der Waals surface area contributed by atoms with Crippen LogP contribution in [0.5, 0.6) is 0 Å². The van der Waals surface area contributed by atoms with Crippen LogP contribution in [0.4, 0.5) is 10.5 Å². The molecule has 2 heterocycles. The number of amides is 2. The van der Waals surface area contributed by atoms with Crippen LogP contribution in [0, 0.1) is 0 Å². The first-order valence-electron chi connectivity index (χ1n) is 6.93. The summed E-state index contributed by atoms with van der Waals surface area (Å²) in [4.78, 5) is 29.7. The summed E-state index contributed by atoms with van der Waals surface area (Å²) >= 11 is 0. The molecule has 1 aliphatic rings. The number of carbonyl (C=O) groups excluding carboxylic acids is 2. The number of nitrogens with zero attached hydrogens (tertiary/aromatic N) is 3. The van der Waals surface area contributed by atoms with Crippen LogP contribution in [-0.4, -0.2) is 39.5 Å². The van der Waals surface area contributed by atoms with Gasteiger partial charge >= 0.3 is 6.03 Å². The Morgan fingerprint density at radius 1 is 1.10 bits per heavy atom. The zero-order chi connectivity index (χ0) is 14.7. The van der Waals surface area contributed by atoms with E-state index in [1.807, 2.05) is 4.90 Å². The molecule has 0 spiro atoms. The molecule has 2 aromatic rings. The van der Waals surface area contributed by atoms with Crippen LogP contribution >= 0.6 is 0 Å². The lowest BCUT2D eigenvalue weighted by Crippen LogP contribution is -2.27. The van der Waals surface area contributed by atoms with Crippen LogP contribution in [0.2, 0.25) is 0 Å². The lowest BCUT2D eigenvalue weighted by atomic mass is 10.2. The maximum Gasteiger partial charge on any atom is 0.331 e. The average molecular weight is 284 g/mol. The molecule has 1 aromatic carbocycles. The van der Waals surface area contributed by atoms with E-state index in [2.05, 4.69) is 10.3 Å². The van der Waals surface area contributed by atoms with E-state index in [-0.39, 0.29) is 11.9 Å². The number of benzene rings is 1. The Morgan fingerprint density at radius 2 is 1.81 bits per heavy atom. The van der Waals surface area contributed by atoms with Crippen LogP contribution in [0.1, 0.15) is 23.2 Å². The lowest BCUT2D eigenvalue weighted by Gasteiger charge is -2.15. The van der Waals surface area contributed by atoms with E-state index in [4.69, 9.17) is 0 Å². The van der Waals surface area contributed by atoms with Crippen molar-refractivity contribution in [2.24, 2.45) is 0 Å². The van der Waals surface area contributed by atoms with Gasteiger partial charge in [0.1, 0.15) is 6.33 Å². The minimum absolute atomic E-state index is 0.0555. The molecule has 0 unspecified atom stereocenters. The second kappa shape index (κ2) is 5.78. The van der Waals surface area contributed by atoms with Crippen molar-refractivity contribution in [1.29, 1.82) is 0 Å². The Kier molecular flexibility index (Phi) is 3.68. The van der Waals surface area contributed by atoms with Gasteiger partial charge < -0.3 is 10.2 Å². The van der Waals surface area contributed by atoms with Gasteiger partial charge in [0.25, 0.3) is 5.91 Å². The first kappa shape index (κ1) is 13.4. The van der Waals surface area contributed by atoms with E-state index in [0.29, 0.717) is 11.3 Å². The van der Waals surface area contributed by atoms with Gasteiger partial charge in [-0.3, -0.25) is 9.36 Å². The quantitative estimate of drug-likeness (QED) is 0.919. The molecule has 1 fully saturated rings. The zero-order valence-electron chi connectivity index (χ0n) is 11.5. The highest BCUT2D eigenvalue weighted by molar-refractivity contribution is 5.96. The third-order valence-electron chi connectivity index (χ3n) is 3.52. The number of hydrogen-bond acceptors (Lipinski definition) is 3. The zero-order valence-corrected chi connectivity index (χ0v) is 11.5. The molecule has 1 aromatic heterocycles. The summed E-state index contributed by atoms with van der Waals surface area (Å²) in [7, 11) is 0. The average Bonchev–Trinajstić information content (AvgIpc) is 3.20. The Balaban J connectivity index is 1.66. The van der Waals surface area contributed by atoms with Crippen molar-refractivity contribution in [1.82, 2.24) is 14.5 Å². The van der Waals surface area contributed by atoms with Gasteiger partial charge in [-0.2, -0.15) is 0 Å². The Bertz CT molecular complexity index is 628. The molecule has 0 radical (unpaired) electrons. The minimum atomic E-state index is -0.286. The fourth-order valence-electron chi connectivity index (χ4n) is 2.37. The molecule has 1 saturated heterocycles. The van der Waals surface area contributed by atoms with Gasteiger partial charge in [-0.1, -0.05) is 0 Å². The summed E-state index contributed by atoms with van der Waals surface area (Å²) in [5.41, 5.74) is 1.30. The summed E-state index contributed by atoms with van der Waals surface area (Å²) in [6.45, 7) is 1.66. The van der Waals surface area contributed by atoms with Crippen LogP contribution in [0.15, 0.2) is 43.0 Å². The van der Waals surface area contributed by atoms with Crippen molar-refractivity contribution in [3.63, 3.8) is 0 Å². The van der Waals surface area contributed by atoms with Gasteiger partial charge in [-0.25, -0.2) is 9.78 Å². The molecular weight excluding hydrogens is 268 g/mol. The summed E-state index contributed by atoms with van der Waals surface area (Å²) in [5, 5.41) is 2.74. The standard InChI is InChI=1S/C15H16N4O2/c20-14(18-8-1-2-9-18)12-3-5-13(6-4-12)17-15(21)19-10-7-16-11-19/h3-7,10-11H,1-2,8-9H2,(H,17,21). The van der Waals surface area contributed by atoms with Crippen molar-refractivity contribution in [3.8, 4) is 0 Å². The number of rotatable bonds is 2. The maximum absolute atomic E-state index is 12.2. The number of nitrogens with one attached hydrogen (secondary N) is 1. The highest BCUT2D eigenvalue weighted by Gasteiger charge is 2.19. The number of carbonyl (C=O) groups is 2. The predicted molar refractivity (Wildman–Crippen MR) is 78.2 cm³/mol. The predicted octanol–water partition coefficient (Wildman–Crippen LogP) is 2.20. The van der Waals surface area contributed by atoms with Gasteiger partial charge in [0.05, 0.1) is 0 Å². The van der Waals surface area contributed by atoms with Crippen molar-refractivity contribution in [2.75, 3.05) is 18.4 Å². The van der Waals surface area contributed by atoms with Crippen LogP contribution in [-0.2, 0) is 0 Å². The smallest absolute Gasteiger partial charge is 0.331 e. The van der Waals surface area contributed by atoms with E-state index in [0.717, 1.165) is 25.9 Å². The molecule has 3 rings (SSSR count). The van der Waals surface area contributed by atoms with E-state index in [1.54, 1.807) is 30.5 Å². The largest absolute Gasteiger partial charge is 0.339 e. The number of hydrogen-bond donors (Lipinski definition) is 1. The first-order valence-corrected chi connectivity index (χ1v) is 6.93. The molecule has 0 bridgehead atoms. The van der Waals surface area contributed by atoms with E-state index < -0.39 is 0 Å². The SMILES string of the molecule is O=C(c1ccc(NC(=O)n2ccnc2)cc1)N1CCCC1. The number of imidazole rings is 1. The Hall–Kier alpha value is -2.63. The first-order chi connectivity index (χ1) is 10.2. The summed E-state index contributed by atoms with van der Waals surface area (Å²) in [5.74, 6) is 0.0555. The third-order valence-corrected chi connectivity index (χ3v) is 3.52. The van der Waals surface area contributed by atoms with Crippen molar-refractivity contribution < 1.29 is 9.59 Å². The molecule has 108 valence electrons. The van der Waals surface area contributed by atoms with Crippen LogP contribution < -0.4 is 5.32 Å². The fraction of sp³-hybridized carbons (Fsp3) is 0.267. The van der Waals surface area contributed by atoms with Crippen LogP contribution in [0.25, 0.3) is 0 Å². The summed E-state index contributed by atoms with van der Waals surface area (Å²) < 4.78 is 1.35. The topological polar surface area (TPSA) is 67.2 Å². The Labute approximate surface area is 122 Å². The molecular formula is C15H16N4O2. The second-order valence-corrected chi connectivity index (χ2v) is 4.98. The van der Waals surface area contributed by atoms with Gasteiger partial charge in [0.2, 0.25) is 0 Å². The minimum Gasteiger partial charge on any atom is -0.339 e. The van der Waals surface area contributed by atoms with Crippen LogP contribution in [0.3, 0.4) is 0 Å². The van der Waals surface area contributed by atoms with Crippen molar-refractivity contribution in [2.45, 2.75) is 12.8 Å². The number of aromatic nitrogens is 2. The molecule has 1 aliphatic heterocycles. The van der Waals surface area contributed by atoms with E-state index in [1.165, 1.54) is 17.1 Å². The highest BCUT2D eigenvalue weighted by atomic mass is 16.2. The van der Waals surface area contributed by atoms with Gasteiger partial charge in [-0.05, 0) is 37.1 Å². The van der Waals surface area contributed by atoms with Gasteiger partial charge in [-0.15, -0.1) is 0 Å². The van der Waals surface area contributed by atoms with Crippen molar-refractivity contribution >= 4 is 17.6 Å². The van der Waals surface area contributed by atoms with E-state index >= 15 is 0 Å². The Morgan fingerprint density at radius 3 is 2.43 bits per heavy atom. The fourth-order valence-corrected chi connectivity index (χ4v) is 2.37. The third kappa shape index (κ3) is 2.94. The molecule has 0 aliphatic carbocycles. The molecule has 2 amide bonds. The molecule has 6 heteroatoms. The van der Waals surface area contributed by atoms with Gasteiger partial charge in [0.15, 0.2) is 0 Å². The molecule has 0 saturated carbocycles. The highest BCUT2D eigenvalue weighted by Crippen LogP contribution is 2.15. The normalized spacial score (nSPS) is 14.2. The number of anilines is 1. The summed E-state index contributed by atoms with van der Waals surface area (Å²) in [6, 6.07) is 6.66. The summed E-state index contributed by atoms with van der Waals surface area (Å²) in [6.07, 6.45) is 6.69.